The Kier molecular flexibility index (Phi) is 8.62. The summed E-state index contributed by atoms with van der Waals surface area (Å²) >= 11 is 12.5. The lowest BCUT2D eigenvalue weighted by molar-refractivity contribution is -0.119. The SMILES string of the molecule is COc1ccc(OC)c(NC(=S)NNC(=O)CSCc2ccc(F)cc2Cl)c1. The van der Waals surface area contributed by atoms with Gasteiger partial charge in [0.1, 0.15) is 17.3 Å². The average molecular weight is 444 g/mol. The van der Waals surface area contributed by atoms with Crippen LogP contribution in [0.15, 0.2) is 36.4 Å². The Balaban J connectivity index is 1.77. The summed E-state index contributed by atoms with van der Waals surface area (Å²) in [5.41, 5.74) is 6.47. The highest BCUT2D eigenvalue weighted by Crippen LogP contribution is 2.28. The largest absolute Gasteiger partial charge is 0.497 e. The minimum atomic E-state index is -0.394. The molecule has 6 nitrogen and oxygen atoms in total. The number of carbonyl (C=O) groups excluding carboxylic acids is 1. The number of anilines is 1. The first-order valence-corrected chi connectivity index (χ1v) is 9.96. The first-order chi connectivity index (χ1) is 13.4. The van der Waals surface area contributed by atoms with E-state index in [0.29, 0.717) is 28.0 Å². The zero-order valence-electron chi connectivity index (χ0n) is 15.2. The van der Waals surface area contributed by atoms with Gasteiger partial charge in [-0.1, -0.05) is 17.7 Å². The van der Waals surface area contributed by atoms with E-state index in [1.165, 1.54) is 31.0 Å². The fraction of sp³-hybridized carbons (Fsp3) is 0.222. The predicted molar refractivity (Wildman–Crippen MR) is 115 cm³/mol. The molecule has 3 N–H and O–H groups in total. The first kappa shape index (κ1) is 22.1. The summed E-state index contributed by atoms with van der Waals surface area (Å²) in [6.45, 7) is 0. The van der Waals surface area contributed by atoms with Gasteiger partial charge in [0.25, 0.3) is 0 Å². The second kappa shape index (κ2) is 10.9. The maximum atomic E-state index is 13.0. The fourth-order valence-corrected chi connectivity index (χ4v) is 3.43. The van der Waals surface area contributed by atoms with Gasteiger partial charge in [-0.25, -0.2) is 4.39 Å². The summed E-state index contributed by atoms with van der Waals surface area (Å²) in [5.74, 6) is 1.19. The molecule has 0 spiro atoms. The Hall–Kier alpha value is -2.23. The van der Waals surface area contributed by atoms with Gasteiger partial charge in [0.05, 0.1) is 25.7 Å². The molecule has 0 bridgehead atoms. The molecule has 0 atom stereocenters. The molecule has 0 saturated heterocycles. The standard InChI is InChI=1S/C18H19ClFN3O3S2/c1-25-13-5-6-16(26-2)15(8-13)21-18(27)23-22-17(24)10-28-9-11-3-4-12(20)7-14(11)19/h3-8H,9-10H2,1-2H3,(H,22,24)(H2,21,23,27). The normalized spacial score (nSPS) is 10.1. The third-order valence-corrected chi connectivity index (χ3v) is 5.01. The highest BCUT2D eigenvalue weighted by atomic mass is 35.5. The monoisotopic (exact) mass is 443 g/mol. The van der Waals surface area contributed by atoms with Crippen molar-refractivity contribution in [2.45, 2.75) is 5.75 Å². The number of hydrazine groups is 1. The minimum absolute atomic E-state index is 0.172. The highest BCUT2D eigenvalue weighted by Gasteiger charge is 2.09. The highest BCUT2D eigenvalue weighted by molar-refractivity contribution is 7.99. The van der Waals surface area contributed by atoms with E-state index in [2.05, 4.69) is 16.2 Å². The Morgan fingerprint density at radius 3 is 2.64 bits per heavy atom. The molecule has 0 aliphatic rings. The Morgan fingerprint density at radius 2 is 1.96 bits per heavy atom. The van der Waals surface area contributed by atoms with Crippen LogP contribution in [-0.2, 0) is 10.5 Å². The van der Waals surface area contributed by atoms with E-state index >= 15 is 0 Å². The number of benzene rings is 2. The van der Waals surface area contributed by atoms with E-state index in [-0.39, 0.29) is 16.8 Å². The molecule has 0 unspecified atom stereocenters. The number of rotatable bonds is 7. The van der Waals surface area contributed by atoms with Crippen LogP contribution in [0.2, 0.25) is 5.02 Å². The minimum Gasteiger partial charge on any atom is -0.497 e. The zero-order valence-corrected chi connectivity index (χ0v) is 17.6. The number of nitrogens with one attached hydrogen (secondary N) is 3. The van der Waals surface area contributed by atoms with Crippen LogP contribution in [0.25, 0.3) is 0 Å². The molecule has 0 fully saturated rings. The zero-order chi connectivity index (χ0) is 20.5. The number of methoxy groups -OCH3 is 2. The average Bonchev–Trinajstić information content (AvgIpc) is 2.68. The molecule has 1 amide bonds. The van der Waals surface area contributed by atoms with Crippen molar-refractivity contribution in [2.24, 2.45) is 0 Å². The van der Waals surface area contributed by atoms with E-state index in [1.807, 2.05) is 0 Å². The number of thioether (sulfide) groups is 1. The van der Waals surface area contributed by atoms with Crippen molar-refractivity contribution < 1.29 is 18.7 Å². The summed E-state index contributed by atoms with van der Waals surface area (Å²) < 4.78 is 23.4. The molecule has 2 rings (SSSR count). The van der Waals surface area contributed by atoms with Gasteiger partial charge in [-0.3, -0.25) is 15.6 Å². The topological polar surface area (TPSA) is 71.6 Å². The van der Waals surface area contributed by atoms with Crippen molar-refractivity contribution in [2.75, 3.05) is 25.3 Å². The molecule has 150 valence electrons. The summed E-state index contributed by atoms with van der Waals surface area (Å²) in [6, 6.07) is 9.39. The van der Waals surface area contributed by atoms with Crippen LogP contribution in [0, 0.1) is 5.82 Å². The second-order valence-corrected chi connectivity index (χ2v) is 7.22. The lowest BCUT2D eigenvalue weighted by Crippen LogP contribution is -2.44. The van der Waals surface area contributed by atoms with Crippen molar-refractivity contribution in [3.05, 3.63) is 52.8 Å². The number of carbonyl (C=O) groups is 1. The predicted octanol–water partition coefficient (Wildman–Crippen LogP) is 3.75. The van der Waals surface area contributed by atoms with E-state index in [0.717, 1.165) is 5.56 Å². The number of halogens is 2. The van der Waals surface area contributed by atoms with Crippen LogP contribution in [0.5, 0.6) is 11.5 Å². The van der Waals surface area contributed by atoms with E-state index in [1.54, 1.807) is 31.4 Å². The Morgan fingerprint density at radius 1 is 1.18 bits per heavy atom. The van der Waals surface area contributed by atoms with Crippen LogP contribution >= 0.6 is 35.6 Å². The van der Waals surface area contributed by atoms with Gasteiger partial charge < -0.3 is 14.8 Å². The maximum Gasteiger partial charge on any atom is 0.248 e. The summed E-state index contributed by atoms with van der Waals surface area (Å²) in [4.78, 5) is 11.9. The molecule has 0 aliphatic carbocycles. The number of hydrogen-bond donors (Lipinski definition) is 3. The van der Waals surface area contributed by atoms with Crippen molar-refractivity contribution in [3.8, 4) is 11.5 Å². The molecule has 2 aromatic carbocycles. The van der Waals surface area contributed by atoms with Gasteiger partial charge in [-0.2, -0.15) is 0 Å². The van der Waals surface area contributed by atoms with Crippen molar-refractivity contribution in [1.29, 1.82) is 0 Å². The van der Waals surface area contributed by atoms with E-state index in [4.69, 9.17) is 33.3 Å². The van der Waals surface area contributed by atoms with Crippen molar-refractivity contribution >= 4 is 52.3 Å². The lowest BCUT2D eigenvalue weighted by atomic mass is 10.2. The van der Waals surface area contributed by atoms with Gasteiger partial charge in [0.15, 0.2) is 5.11 Å². The molecule has 28 heavy (non-hydrogen) atoms. The van der Waals surface area contributed by atoms with Crippen molar-refractivity contribution in [3.63, 3.8) is 0 Å². The molecular formula is C18H19ClFN3O3S2. The smallest absolute Gasteiger partial charge is 0.248 e. The molecule has 10 heteroatoms. The molecular weight excluding hydrogens is 425 g/mol. The maximum absolute atomic E-state index is 13.0. The number of ether oxygens (including phenoxy) is 2. The van der Waals surface area contributed by atoms with Gasteiger partial charge in [0.2, 0.25) is 5.91 Å². The first-order valence-electron chi connectivity index (χ1n) is 8.02. The quantitative estimate of drug-likeness (QED) is 0.444. The summed E-state index contributed by atoms with van der Waals surface area (Å²) in [5, 5.41) is 3.45. The summed E-state index contributed by atoms with van der Waals surface area (Å²) in [6.07, 6.45) is 0. The van der Waals surface area contributed by atoms with E-state index in [9.17, 15) is 9.18 Å². The molecule has 0 saturated carbocycles. The second-order valence-electron chi connectivity index (χ2n) is 5.42. The Bertz CT molecular complexity index is 855. The van der Waals surface area contributed by atoms with Crippen LogP contribution < -0.4 is 25.6 Å². The fourth-order valence-electron chi connectivity index (χ4n) is 2.12. The van der Waals surface area contributed by atoms with Gasteiger partial charge in [-0.05, 0) is 42.0 Å². The van der Waals surface area contributed by atoms with Gasteiger partial charge in [-0.15, -0.1) is 11.8 Å². The molecule has 2 aromatic rings. The van der Waals surface area contributed by atoms with Gasteiger partial charge >= 0.3 is 0 Å². The number of amides is 1. The van der Waals surface area contributed by atoms with Crippen molar-refractivity contribution in [1.82, 2.24) is 10.9 Å². The number of thiocarbonyl (C=S) groups is 1. The van der Waals surface area contributed by atoms with Crippen LogP contribution in [0.3, 0.4) is 0 Å². The molecule has 0 heterocycles. The van der Waals surface area contributed by atoms with Gasteiger partial charge in [0, 0.05) is 16.8 Å². The van der Waals surface area contributed by atoms with Crippen LogP contribution in [0.1, 0.15) is 5.56 Å². The van der Waals surface area contributed by atoms with Crippen LogP contribution in [-0.4, -0.2) is 31.0 Å². The van der Waals surface area contributed by atoms with E-state index < -0.39 is 5.82 Å². The Labute approximate surface area is 177 Å². The molecule has 0 aliphatic heterocycles. The summed E-state index contributed by atoms with van der Waals surface area (Å²) in [7, 11) is 3.09. The lowest BCUT2D eigenvalue weighted by Gasteiger charge is -2.15. The third kappa shape index (κ3) is 6.74. The number of hydrogen-bond acceptors (Lipinski definition) is 5. The third-order valence-electron chi connectivity index (χ3n) is 3.48. The molecule has 0 radical (unpaired) electrons. The molecule has 0 aromatic heterocycles. The van der Waals surface area contributed by atoms with Crippen LogP contribution in [0.4, 0.5) is 10.1 Å².